The van der Waals surface area contributed by atoms with E-state index in [1.54, 1.807) is 41.5 Å². The second kappa shape index (κ2) is 36.8. The Balaban J connectivity index is 1.64. The van der Waals surface area contributed by atoms with Gasteiger partial charge in [0.1, 0.15) is 47.7 Å². The molecule has 0 aliphatic heterocycles. The van der Waals surface area contributed by atoms with Crippen molar-refractivity contribution in [2.45, 2.75) is 342 Å². The minimum atomic E-state index is -2.07. The van der Waals surface area contributed by atoms with Gasteiger partial charge in [0.05, 0.1) is 0 Å². The van der Waals surface area contributed by atoms with Crippen LogP contribution in [-0.2, 0) is 128 Å². The number of aryl methyl sites for hydroxylation is 6. The number of phenolic OH excluding ortho intramolecular Hbond substituents is 6. The molecule has 626 valence electrons. The molecule has 0 aliphatic rings. The lowest BCUT2D eigenvalue weighted by atomic mass is 9.82. The molecule has 0 aromatic heterocycles. The summed E-state index contributed by atoms with van der Waals surface area (Å²) in [4.78, 5) is 91.2. The van der Waals surface area contributed by atoms with E-state index in [4.69, 9.17) is 28.4 Å². The molecule has 18 nitrogen and oxygen atoms in total. The van der Waals surface area contributed by atoms with Crippen LogP contribution < -0.4 is 0 Å². The number of benzene rings is 6. The minimum Gasteiger partial charge on any atom is -0.507 e. The summed E-state index contributed by atoms with van der Waals surface area (Å²) in [5, 5.41) is 68.6. The van der Waals surface area contributed by atoms with E-state index < -0.39 is 106 Å². The number of phenols is 6. The number of ether oxygens (including phenoxy) is 6. The molecule has 0 amide bonds. The predicted octanol–water partition coefficient (Wildman–Crippen LogP) is 19.2. The zero-order chi connectivity index (χ0) is 86.5. The van der Waals surface area contributed by atoms with E-state index in [1.807, 2.05) is 203 Å². The van der Waals surface area contributed by atoms with E-state index in [0.29, 0.717) is 100 Å². The second-order valence-electron chi connectivity index (χ2n) is 37.9. The topological polar surface area (TPSA) is 279 Å². The number of rotatable bonds is 29. The number of hydrogen-bond acceptors (Lipinski definition) is 18. The molecule has 0 bridgehead atoms. The van der Waals surface area contributed by atoms with Gasteiger partial charge >= 0.3 is 35.8 Å². The molecule has 4 unspecified atom stereocenters. The molecule has 6 rings (SSSR count). The molecule has 0 radical (unpaired) electrons. The molecule has 0 saturated carbocycles. The van der Waals surface area contributed by atoms with E-state index in [9.17, 15) is 40.2 Å². The first-order valence-corrected chi connectivity index (χ1v) is 40.3. The minimum absolute atomic E-state index is 0.0306. The van der Waals surface area contributed by atoms with Crippen molar-refractivity contribution in [3.8, 4) is 34.5 Å². The Morgan fingerprint density at radius 1 is 0.246 bits per heavy atom. The van der Waals surface area contributed by atoms with Crippen LogP contribution in [0.4, 0.5) is 0 Å². The van der Waals surface area contributed by atoms with Crippen LogP contribution in [0.2, 0.25) is 0 Å². The normalized spacial score (nSPS) is 13.4. The predicted molar refractivity (Wildman–Crippen MR) is 449 cm³/mol. The first-order chi connectivity index (χ1) is 52.3. The Hall–Kier alpha value is -9.06. The van der Waals surface area contributed by atoms with Gasteiger partial charge in [0.2, 0.25) is 0 Å². The monoisotopic (exact) mass is 1570 g/mol. The van der Waals surface area contributed by atoms with Crippen molar-refractivity contribution in [3.63, 3.8) is 0 Å². The highest BCUT2D eigenvalue weighted by Crippen LogP contribution is 2.44. The van der Waals surface area contributed by atoms with Gasteiger partial charge in [0.25, 0.3) is 0 Å². The van der Waals surface area contributed by atoms with Gasteiger partial charge < -0.3 is 59.1 Å². The highest BCUT2D eigenvalue weighted by Gasteiger charge is 2.46. The van der Waals surface area contributed by atoms with Gasteiger partial charge in [0, 0.05) is 38.5 Å². The Labute approximate surface area is 679 Å². The molecule has 0 saturated heterocycles. The lowest BCUT2D eigenvalue weighted by molar-refractivity contribution is -0.209. The zero-order valence-corrected chi connectivity index (χ0v) is 74.3. The molecule has 18 heteroatoms. The first-order valence-electron chi connectivity index (χ1n) is 40.3. The second-order valence-corrected chi connectivity index (χ2v) is 37.9. The fourth-order valence-corrected chi connectivity index (χ4v) is 14.7. The molecular weight excluding hydrogens is 1440 g/mol. The highest BCUT2D eigenvalue weighted by molar-refractivity contribution is 5.75. The Bertz CT molecular complexity index is 4290. The molecule has 0 heterocycles. The summed E-state index contributed by atoms with van der Waals surface area (Å²) < 4.78 is 39.1. The smallest absolute Gasteiger partial charge is 0.306 e. The van der Waals surface area contributed by atoms with Gasteiger partial charge in [-0.05, 0) is 288 Å². The summed E-state index contributed by atoms with van der Waals surface area (Å²) in [6, 6.07) is 11.1. The third-order valence-corrected chi connectivity index (χ3v) is 23.3. The molecule has 0 spiro atoms. The number of esters is 6. The van der Waals surface area contributed by atoms with Crippen LogP contribution in [0.25, 0.3) is 0 Å². The van der Waals surface area contributed by atoms with Gasteiger partial charge in [-0.2, -0.15) is 0 Å². The first kappa shape index (κ1) is 93.8. The van der Waals surface area contributed by atoms with E-state index >= 15 is 19.2 Å². The fraction of sp³-hybridized carbons (Fsp3) is 0.562. The molecule has 114 heavy (non-hydrogen) atoms. The van der Waals surface area contributed by atoms with Crippen LogP contribution in [0.5, 0.6) is 34.5 Å². The number of carbonyl (C=O) groups excluding carboxylic acids is 6. The molecule has 0 aliphatic carbocycles. The largest absolute Gasteiger partial charge is 0.507 e. The summed E-state index contributed by atoms with van der Waals surface area (Å²) in [5.74, 6) is -4.50. The third kappa shape index (κ3) is 23.2. The van der Waals surface area contributed by atoms with E-state index in [-0.39, 0.29) is 112 Å². The average Bonchev–Trinajstić information content (AvgIpc) is 0.818. The van der Waals surface area contributed by atoms with Crippen LogP contribution in [0.3, 0.4) is 0 Å². The zero-order valence-electron chi connectivity index (χ0n) is 74.3. The van der Waals surface area contributed by atoms with Crippen molar-refractivity contribution >= 4 is 35.8 Å². The Morgan fingerprint density at radius 3 is 0.553 bits per heavy atom. The van der Waals surface area contributed by atoms with Crippen LogP contribution >= 0.6 is 0 Å². The maximum atomic E-state index is 15.6. The van der Waals surface area contributed by atoms with Crippen molar-refractivity contribution in [1.29, 1.82) is 0 Å². The summed E-state index contributed by atoms with van der Waals surface area (Å²) in [6.45, 7) is 55.4. The maximum absolute atomic E-state index is 15.6. The SMILES string of the molecule is Cc1c(CCC(=O)OCC(OC(=O)CCc2cc(C(C)(C)C)c(O)c(C)c2C)C(OC(=O)CCc2cc(C(C)(C)C)c(O)c(C)c2C)C(OC(=O)CCc2cc(C(C)(C)C)c(O)c(C)c2C)C(COC(=O)CCc2cc(C(C)(C)C)c(O)c(C)c2C)OC(=O)CCc2cc(C(C)(C)C)c(O)c(C)c2C)cc(C(C)(C)C)c(O)c1C. The molecule has 6 N–H and O–H groups in total. The van der Waals surface area contributed by atoms with Gasteiger partial charge in [-0.1, -0.05) is 161 Å². The van der Waals surface area contributed by atoms with E-state index in [0.717, 1.165) is 33.4 Å². The van der Waals surface area contributed by atoms with Gasteiger partial charge in [0.15, 0.2) is 24.4 Å². The van der Waals surface area contributed by atoms with Crippen molar-refractivity contribution in [2.75, 3.05) is 13.2 Å². The molecule has 6 aromatic rings. The summed E-state index contributed by atoms with van der Waals surface area (Å²) in [5.41, 5.74) is 13.2. The van der Waals surface area contributed by atoms with Crippen LogP contribution in [-0.4, -0.2) is 104 Å². The standard InChI is InChI=1S/C96H134O18/c1-51-57(7)83(103)69(91(13,14)15)43-63(51)31-37-77(97)109-49-75(111-79(99)39-33-65-45-71(93(19,20)21)85(105)59(9)53(65)3)89(113-81(101)41-35-67-47-73(95(25,26)27)87(107)61(11)55(67)5)90(114-82(102)42-36-68-48-74(96(28,29)30)88(108)62(12)56(68)6)76(112-80(100)40-34-66-46-72(94(22,23)24)86(106)60(10)54(66)4)50-110-78(98)38-32-64-44-70(92(16,17)18)84(104)58(8)52(64)2/h43-48,75-76,89-90,103-108H,31-42,49-50H2,1-30H3. The van der Waals surface area contributed by atoms with Gasteiger partial charge in [-0.15, -0.1) is 0 Å². The van der Waals surface area contributed by atoms with Crippen LogP contribution in [0.1, 0.15) is 297 Å². The summed E-state index contributed by atoms with van der Waals surface area (Å²) in [7, 11) is 0. The number of carbonyl (C=O) groups is 6. The maximum Gasteiger partial charge on any atom is 0.306 e. The van der Waals surface area contributed by atoms with Gasteiger partial charge in [-0.25, -0.2) is 0 Å². The average molecular weight is 1580 g/mol. The van der Waals surface area contributed by atoms with E-state index in [1.165, 1.54) is 0 Å². The number of aromatic hydroxyl groups is 6. The Morgan fingerprint density at radius 2 is 0.395 bits per heavy atom. The quantitative estimate of drug-likeness (QED) is 0.0188. The number of hydrogen-bond donors (Lipinski definition) is 6. The molecule has 0 fully saturated rings. The van der Waals surface area contributed by atoms with E-state index in [2.05, 4.69) is 0 Å². The van der Waals surface area contributed by atoms with Crippen molar-refractivity contribution in [2.24, 2.45) is 0 Å². The van der Waals surface area contributed by atoms with Crippen molar-refractivity contribution in [3.05, 3.63) is 170 Å². The van der Waals surface area contributed by atoms with Crippen molar-refractivity contribution in [1.82, 2.24) is 0 Å². The molecule has 4 atom stereocenters. The lowest BCUT2D eigenvalue weighted by Crippen LogP contribution is -2.54. The molecular formula is C96H134O18. The summed E-state index contributed by atoms with van der Waals surface area (Å²) in [6.07, 6.45) is -9.39. The molecule has 6 aromatic carbocycles. The van der Waals surface area contributed by atoms with Crippen LogP contribution in [0, 0.1) is 83.1 Å². The highest BCUT2D eigenvalue weighted by atomic mass is 16.6. The van der Waals surface area contributed by atoms with Crippen molar-refractivity contribution < 1.29 is 87.8 Å². The lowest BCUT2D eigenvalue weighted by Gasteiger charge is -2.36. The van der Waals surface area contributed by atoms with Gasteiger partial charge in [-0.3, -0.25) is 28.8 Å². The fourth-order valence-electron chi connectivity index (χ4n) is 14.7. The Kier molecular flexibility index (Phi) is 30.3. The van der Waals surface area contributed by atoms with Crippen LogP contribution in [0.15, 0.2) is 36.4 Å². The summed E-state index contributed by atoms with van der Waals surface area (Å²) >= 11 is 0. The third-order valence-electron chi connectivity index (χ3n) is 23.3.